The van der Waals surface area contributed by atoms with Gasteiger partial charge >= 0.3 is 11.9 Å². The maximum absolute atomic E-state index is 13.0. The molecule has 4 nitrogen and oxygen atoms in total. The van der Waals surface area contributed by atoms with Gasteiger partial charge in [-0.3, -0.25) is 9.59 Å². The topological polar surface area (TPSA) is 63.6 Å². The van der Waals surface area contributed by atoms with E-state index in [0.29, 0.717) is 0 Å². The molecule has 0 saturated heterocycles. The largest absolute Gasteiger partial charge is 0.481 e. The van der Waals surface area contributed by atoms with Gasteiger partial charge in [-0.1, -0.05) is 0 Å². The van der Waals surface area contributed by atoms with Crippen LogP contribution in [0.1, 0.15) is 6.42 Å². The van der Waals surface area contributed by atoms with Crippen LogP contribution in [0.3, 0.4) is 0 Å². The first-order valence-electron chi connectivity index (χ1n) is 4.19. The number of carboxylic acids is 1. The minimum Gasteiger partial charge on any atom is -0.481 e. The lowest BCUT2D eigenvalue weighted by molar-refractivity contribution is -0.146. The number of hydrogen-bond donors (Lipinski definition) is 1. The molecule has 1 N–H and O–H groups in total. The Morgan fingerprint density at radius 3 is 1.67 bits per heavy atom. The van der Waals surface area contributed by atoms with Gasteiger partial charge in [0.15, 0.2) is 0 Å². The van der Waals surface area contributed by atoms with E-state index in [-0.39, 0.29) is 0 Å². The second kappa shape index (κ2) is 4.98. The van der Waals surface area contributed by atoms with E-state index >= 15 is 0 Å². The van der Waals surface area contributed by atoms with E-state index in [9.17, 15) is 31.5 Å². The van der Waals surface area contributed by atoms with Gasteiger partial charge in [0.2, 0.25) is 34.8 Å². The Kier molecular flexibility index (Phi) is 3.84. The van der Waals surface area contributed by atoms with E-state index in [1.807, 2.05) is 0 Å². The molecule has 0 atom stereocenters. The van der Waals surface area contributed by atoms with Crippen molar-refractivity contribution in [3.63, 3.8) is 0 Å². The number of ether oxygens (including phenoxy) is 1. The van der Waals surface area contributed by atoms with Crippen LogP contribution in [0.2, 0.25) is 0 Å². The summed E-state index contributed by atoms with van der Waals surface area (Å²) in [6, 6.07) is 0. The number of rotatable bonds is 3. The molecule has 0 aliphatic rings. The van der Waals surface area contributed by atoms with Crippen molar-refractivity contribution in [1.82, 2.24) is 0 Å². The van der Waals surface area contributed by atoms with Crippen LogP contribution in [0.5, 0.6) is 5.75 Å². The first kappa shape index (κ1) is 13.9. The van der Waals surface area contributed by atoms with Gasteiger partial charge in [0, 0.05) is 0 Å². The van der Waals surface area contributed by atoms with E-state index < -0.39 is 53.2 Å². The number of esters is 1. The third-order valence-electron chi connectivity index (χ3n) is 1.68. The van der Waals surface area contributed by atoms with Gasteiger partial charge in [0.25, 0.3) is 0 Å². The quantitative estimate of drug-likeness (QED) is 0.227. The molecule has 1 aromatic rings. The Morgan fingerprint density at radius 1 is 0.889 bits per heavy atom. The molecule has 98 valence electrons. The molecule has 0 aromatic heterocycles. The third-order valence-corrected chi connectivity index (χ3v) is 1.68. The molecule has 18 heavy (non-hydrogen) atoms. The number of benzene rings is 1. The van der Waals surface area contributed by atoms with Crippen LogP contribution < -0.4 is 4.74 Å². The van der Waals surface area contributed by atoms with Crippen LogP contribution in [-0.4, -0.2) is 17.0 Å². The van der Waals surface area contributed by atoms with E-state index in [1.165, 1.54) is 0 Å². The fraction of sp³-hybridized carbons (Fsp3) is 0.111. The molecule has 0 spiro atoms. The standard InChI is InChI=1S/C9H3F5O4/c10-4-5(11)7(13)9(8(14)6(4)12)18-3(17)1-2(15)16/h1H2,(H,15,16). The van der Waals surface area contributed by atoms with Gasteiger partial charge in [-0.05, 0) is 0 Å². The molecule has 0 amide bonds. The number of halogens is 5. The van der Waals surface area contributed by atoms with E-state index in [2.05, 4.69) is 4.74 Å². The third kappa shape index (κ3) is 2.55. The van der Waals surface area contributed by atoms with E-state index in [4.69, 9.17) is 5.11 Å². The summed E-state index contributed by atoms with van der Waals surface area (Å²) in [4.78, 5) is 20.8. The molecular weight excluding hydrogens is 267 g/mol. The fourth-order valence-corrected chi connectivity index (χ4v) is 0.948. The predicted molar refractivity (Wildman–Crippen MR) is 44.1 cm³/mol. The highest BCUT2D eigenvalue weighted by Crippen LogP contribution is 2.29. The Balaban J connectivity index is 3.18. The summed E-state index contributed by atoms with van der Waals surface area (Å²) in [5, 5.41) is 8.16. The minimum atomic E-state index is -2.41. The first-order chi connectivity index (χ1) is 8.25. The lowest BCUT2D eigenvalue weighted by Gasteiger charge is -2.07. The summed E-state index contributed by atoms with van der Waals surface area (Å²) >= 11 is 0. The summed E-state index contributed by atoms with van der Waals surface area (Å²) in [6.07, 6.45) is -1.29. The molecule has 0 bridgehead atoms. The average Bonchev–Trinajstić information content (AvgIpc) is 2.29. The van der Waals surface area contributed by atoms with Crippen molar-refractivity contribution in [1.29, 1.82) is 0 Å². The number of carbonyl (C=O) groups excluding carboxylic acids is 1. The van der Waals surface area contributed by atoms with Crippen LogP contribution in [0.4, 0.5) is 22.0 Å². The first-order valence-corrected chi connectivity index (χ1v) is 4.19. The molecule has 0 aliphatic carbocycles. The SMILES string of the molecule is O=C(O)CC(=O)Oc1c(F)c(F)c(F)c(F)c1F. The van der Waals surface area contributed by atoms with Crippen molar-refractivity contribution in [2.24, 2.45) is 0 Å². The normalized spacial score (nSPS) is 10.3. The monoisotopic (exact) mass is 270 g/mol. The minimum absolute atomic E-state index is 1.29. The zero-order valence-corrected chi connectivity index (χ0v) is 8.27. The van der Waals surface area contributed by atoms with Crippen molar-refractivity contribution in [2.45, 2.75) is 6.42 Å². The summed E-state index contributed by atoms with van der Waals surface area (Å²) in [6.45, 7) is 0. The predicted octanol–water partition coefficient (Wildman–Crippen LogP) is 1.76. The van der Waals surface area contributed by atoms with Gasteiger partial charge in [0.1, 0.15) is 6.42 Å². The lowest BCUT2D eigenvalue weighted by atomic mass is 10.2. The molecule has 0 aliphatic heterocycles. The maximum atomic E-state index is 13.0. The Bertz CT molecular complexity index is 499. The Labute approximate surface area is 95.6 Å². The Morgan fingerprint density at radius 2 is 1.28 bits per heavy atom. The van der Waals surface area contributed by atoms with Crippen LogP contribution in [-0.2, 0) is 9.59 Å². The van der Waals surface area contributed by atoms with Gasteiger partial charge in [-0.2, -0.15) is 8.78 Å². The molecule has 9 heteroatoms. The molecule has 1 rings (SSSR count). The zero-order chi connectivity index (χ0) is 14.0. The summed E-state index contributed by atoms with van der Waals surface area (Å²) in [5.74, 6) is -16.9. The maximum Gasteiger partial charge on any atom is 0.322 e. The van der Waals surface area contributed by atoms with Crippen molar-refractivity contribution < 1.29 is 41.4 Å². The zero-order valence-electron chi connectivity index (χ0n) is 8.27. The van der Waals surface area contributed by atoms with Crippen molar-refractivity contribution in [2.75, 3.05) is 0 Å². The van der Waals surface area contributed by atoms with Gasteiger partial charge in [-0.25, -0.2) is 13.2 Å². The van der Waals surface area contributed by atoms with Crippen LogP contribution in [0, 0.1) is 29.1 Å². The summed E-state index contributed by atoms with van der Waals surface area (Å²) < 4.78 is 67.6. The van der Waals surface area contributed by atoms with E-state index in [0.717, 1.165) is 0 Å². The molecule has 0 saturated carbocycles. The highest BCUT2D eigenvalue weighted by atomic mass is 19.2. The number of carbonyl (C=O) groups is 2. The highest BCUT2D eigenvalue weighted by molar-refractivity contribution is 5.91. The van der Waals surface area contributed by atoms with Crippen molar-refractivity contribution >= 4 is 11.9 Å². The average molecular weight is 270 g/mol. The van der Waals surface area contributed by atoms with Gasteiger partial charge in [-0.15, -0.1) is 0 Å². The molecule has 0 fully saturated rings. The van der Waals surface area contributed by atoms with Crippen LogP contribution >= 0.6 is 0 Å². The second-order valence-corrected chi connectivity index (χ2v) is 2.94. The number of carboxylic acid groups (broad SMARTS) is 1. The van der Waals surface area contributed by atoms with Gasteiger partial charge < -0.3 is 9.84 Å². The molecule has 0 radical (unpaired) electrons. The molecule has 0 heterocycles. The molecular formula is C9H3F5O4. The van der Waals surface area contributed by atoms with Crippen molar-refractivity contribution in [3.8, 4) is 5.75 Å². The van der Waals surface area contributed by atoms with Gasteiger partial charge in [0.05, 0.1) is 0 Å². The second-order valence-electron chi connectivity index (χ2n) is 2.94. The van der Waals surface area contributed by atoms with E-state index in [1.54, 1.807) is 0 Å². The van der Waals surface area contributed by atoms with Crippen LogP contribution in [0.15, 0.2) is 0 Å². The number of hydrogen-bond acceptors (Lipinski definition) is 3. The fourth-order valence-electron chi connectivity index (χ4n) is 0.948. The van der Waals surface area contributed by atoms with Crippen LogP contribution in [0.25, 0.3) is 0 Å². The smallest absolute Gasteiger partial charge is 0.322 e. The summed E-state index contributed by atoms with van der Waals surface area (Å²) in [5.41, 5.74) is 0. The molecule has 1 aromatic carbocycles. The Hall–Kier alpha value is -2.19. The highest BCUT2D eigenvalue weighted by Gasteiger charge is 2.28. The number of aliphatic carboxylic acids is 1. The summed E-state index contributed by atoms with van der Waals surface area (Å²) in [7, 11) is 0. The molecule has 0 unspecified atom stereocenters. The van der Waals surface area contributed by atoms with Crippen molar-refractivity contribution in [3.05, 3.63) is 29.1 Å². The lowest BCUT2D eigenvalue weighted by Crippen LogP contribution is -2.16.